The van der Waals surface area contributed by atoms with Gasteiger partial charge in [-0.25, -0.2) is 13.2 Å². The van der Waals surface area contributed by atoms with Gasteiger partial charge in [0.1, 0.15) is 5.56 Å². The van der Waals surface area contributed by atoms with Crippen molar-refractivity contribution < 1.29 is 45.3 Å². The van der Waals surface area contributed by atoms with Crippen molar-refractivity contribution in [1.82, 2.24) is 0 Å². The predicted octanol–water partition coefficient (Wildman–Crippen LogP) is 6.18. The van der Waals surface area contributed by atoms with Crippen LogP contribution in [0.5, 0.6) is 11.5 Å². The van der Waals surface area contributed by atoms with E-state index in [-0.39, 0.29) is 31.8 Å². The van der Waals surface area contributed by atoms with Crippen LogP contribution in [-0.4, -0.2) is 25.5 Å². The highest BCUT2D eigenvalue weighted by molar-refractivity contribution is 5.35. The highest BCUT2D eigenvalue weighted by atomic mass is 19.3. The molecule has 1 aliphatic rings. The molecule has 0 aromatic heterocycles. The summed E-state index contributed by atoms with van der Waals surface area (Å²) in [7, 11) is 0. The van der Waals surface area contributed by atoms with E-state index in [9.17, 15) is 26.3 Å². The molecule has 0 atom stereocenters. The summed E-state index contributed by atoms with van der Waals surface area (Å²) in [5.41, 5.74) is -2.95. The van der Waals surface area contributed by atoms with Crippen LogP contribution >= 0.6 is 0 Å². The van der Waals surface area contributed by atoms with Crippen LogP contribution < -0.4 is 9.47 Å². The fraction of sp³-hybridized carbons (Fsp3) is 0.455. The van der Waals surface area contributed by atoms with Gasteiger partial charge in [0.2, 0.25) is 5.82 Å². The highest BCUT2D eigenvalue weighted by Gasteiger charge is 2.41. The third kappa shape index (κ3) is 5.12. The van der Waals surface area contributed by atoms with Gasteiger partial charge >= 0.3 is 6.11 Å². The number of benzene rings is 2. The summed E-state index contributed by atoms with van der Waals surface area (Å²) in [4.78, 5) is 0. The van der Waals surface area contributed by atoms with Gasteiger partial charge in [-0.1, -0.05) is 19.4 Å². The van der Waals surface area contributed by atoms with Gasteiger partial charge in [-0.2, -0.15) is 13.2 Å². The van der Waals surface area contributed by atoms with Gasteiger partial charge < -0.3 is 18.9 Å². The Morgan fingerprint density at radius 2 is 1.66 bits per heavy atom. The van der Waals surface area contributed by atoms with Crippen LogP contribution in [0.4, 0.5) is 26.3 Å². The fourth-order valence-electron chi connectivity index (χ4n) is 3.29. The molecule has 2 aromatic rings. The van der Waals surface area contributed by atoms with E-state index in [1.807, 2.05) is 6.92 Å². The Labute approximate surface area is 181 Å². The first-order chi connectivity index (χ1) is 15.1. The molecule has 4 nitrogen and oxygen atoms in total. The Bertz CT molecular complexity index is 944. The standard InChI is InChI=1S/C22H22F6O4/c1-3-9-21(26)11-30-20(31-12-21)13-5-7-16(15(23)10-13)32-22(27,28)14-6-8-17(29-4-2)19(25)18(14)24/h5-8,10,20H,3-4,9,11-12H2,1-2H3. The van der Waals surface area contributed by atoms with E-state index >= 15 is 0 Å². The quantitative estimate of drug-likeness (QED) is 0.437. The molecule has 1 saturated heterocycles. The van der Waals surface area contributed by atoms with Gasteiger partial charge in [0.05, 0.1) is 19.8 Å². The average Bonchev–Trinajstić information content (AvgIpc) is 2.73. The molecule has 0 unspecified atom stereocenters. The number of hydrogen-bond donors (Lipinski definition) is 0. The molecule has 0 saturated carbocycles. The fourth-order valence-corrected chi connectivity index (χ4v) is 3.29. The second kappa shape index (κ2) is 9.58. The summed E-state index contributed by atoms with van der Waals surface area (Å²) in [6.45, 7) is 2.81. The third-order valence-electron chi connectivity index (χ3n) is 4.81. The van der Waals surface area contributed by atoms with Gasteiger partial charge in [-0.05, 0) is 37.6 Å². The molecule has 0 aliphatic carbocycles. The maximum absolute atomic E-state index is 14.5. The Hall–Kier alpha value is -2.46. The third-order valence-corrected chi connectivity index (χ3v) is 4.81. The van der Waals surface area contributed by atoms with E-state index in [0.29, 0.717) is 12.5 Å². The van der Waals surface area contributed by atoms with Crippen molar-refractivity contribution in [2.24, 2.45) is 0 Å². The SMILES string of the molecule is CCCC1(F)COC(c2ccc(OC(F)(F)c3ccc(OCC)c(F)c3F)c(F)c2)OC1. The van der Waals surface area contributed by atoms with Gasteiger partial charge in [-0.15, -0.1) is 0 Å². The number of hydrogen-bond acceptors (Lipinski definition) is 4. The molecule has 0 amide bonds. The van der Waals surface area contributed by atoms with Crippen LogP contribution in [0.1, 0.15) is 44.1 Å². The lowest BCUT2D eigenvalue weighted by Crippen LogP contribution is -2.41. The molecule has 0 spiro atoms. The van der Waals surface area contributed by atoms with Crippen LogP contribution in [0.2, 0.25) is 0 Å². The van der Waals surface area contributed by atoms with E-state index in [0.717, 1.165) is 18.2 Å². The van der Waals surface area contributed by atoms with Crippen LogP contribution in [0.25, 0.3) is 0 Å². The molecule has 1 aliphatic heterocycles. The van der Waals surface area contributed by atoms with Gasteiger partial charge in [0, 0.05) is 5.56 Å². The zero-order valence-corrected chi connectivity index (χ0v) is 17.4. The van der Waals surface area contributed by atoms with E-state index in [2.05, 4.69) is 4.74 Å². The van der Waals surface area contributed by atoms with E-state index in [1.54, 1.807) is 0 Å². The Morgan fingerprint density at radius 3 is 2.25 bits per heavy atom. The van der Waals surface area contributed by atoms with Crippen molar-refractivity contribution in [3.63, 3.8) is 0 Å². The summed E-state index contributed by atoms with van der Waals surface area (Å²) in [6, 6.07) is 4.32. The van der Waals surface area contributed by atoms with Crippen molar-refractivity contribution >= 4 is 0 Å². The zero-order valence-electron chi connectivity index (χ0n) is 17.4. The predicted molar refractivity (Wildman–Crippen MR) is 102 cm³/mol. The highest BCUT2D eigenvalue weighted by Crippen LogP contribution is 2.38. The van der Waals surface area contributed by atoms with Gasteiger partial charge in [0.15, 0.2) is 35.1 Å². The molecule has 10 heteroatoms. The Kier molecular flexibility index (Phi) is 7.24. The molecule has 1 heterocycles. The maximum Gasteiger partial charge on any atom is 0.429 e. The first kappa shape index (κ1) is 24.2. The minimum absolute atomic E-state index is 0.000497. The lowest BCUT2D eigenvalue weighted by atomic mass is 10.0. The largest absolute Gasteiger partial charge is 0.491 e. The summed E-state index contributed by atoms with van der Waals surface area (Å²) in [5, 5.41) is 0. The van der Waals surface area contributed by atoms with Gasteiger partial charge in [-0.3, -0.25) is 0 Å². The minimum Gasteiger partial charge on any atom is -0.491 e. The van der Waals surface area contributed by atoms with Crippen molar-refractivity contribution in [2.75, 3.05) is 19.8 Å². The Balaban J connectivity index is 1.75. The van der Waals surface area contributed by atoms with Crippen LogP contribution in [0.3, 0.4) is 0 Å². The normalized spacial score (nSPS) is 21.4. The summed E-state index contributed by atoms with van der Waals surface area (Å²) in [6.07, 6.45) is -4.65. The van der Waals surface area contributed by atoms with Crippen molar-refractivity contribution in [1.29, 1.82) is 0 Å². The summed E-state index contributed by atoms with van der Waals surface area (Å²) in [5.74, 6) is -6.14. The number of rotatable bonds is 8. The van der Waals surface area contributed by atoms with Crippen LogP contribution in [0, 0.1) is 17.5 Å². The minimum atomic E-state index is -4.39. The van der Waals surface area contributed by atoms with Crippen molar-refractivity contribution in [2.45, 2.75) is 44.8 Å². The number of ether oxygens (including phenoxy) is 4. The lowest BCUT2D eigenvalue weighted by Gasteiger charge is -2.34. The molecule has 1 fully saturated rings. The van der Waals surface area contributed by atoms with E-state index in [1.165, 1.54) is 13.0 Å². The van der Waals surface area contributed by atoms with Crippen molar-refractivity contribution in [3.8, 4) is 11.5 Å². The van der Waals surface area contributed by atoms with Gasteiger partial charge in [0.25, 0.3) is 0 Å². The summed E-state index contributed by atoms with van der Waals surface area (Å²) < 4.78 is 106. The molecule has 176 valence electrons. The maximum atomic E-state index is 14.5. The van der Waals surface area contributed by atoms with Crippen LogP contribution in [-0.2, 0) is 15.6 Å². The van der Waals surface area contributed by atoms with E-state index in [4.69, 9.17) is 14.2 Å². The molecular weight excluding hydrogens is 442 g/mol. The molecular formula is C22H22F6O4. The first-order valence-corrected chi connectivity index (χ1v) is 10.00. The smallest absolute Gasteiger partial charge is 0.429 e. The molecule has 0 N–H and O–H groups in total. The monoisotopic (exact) mass is 464 g/mol. The van der Waals surface area contributed by atoms with Crippen molar-refractivity contribution in [3.05, 3.63) is 58.9 Å². The molecule has 0 bridgehead atoms. The van der Waals surface area contributed by atoms with E-state index < -0.39 is 52.6 Å². The molecule has 0 radical (unpaired) electrons. The Morgan fingerprint density at radius 1 is 1.00 bits per heavy atom. The second-order valence-electron chi connectivity index (χ2n) is 7.34. The second-order valence-corrected chi connectivity index (χ2v) is 7.34. The van der Waals surface area contributed by atoms with Crippen LogP contribution in [0.15, 0.2) is 30.3 Å². The first-order valence-electron chi connectivity index (χ1n) is 10.00. The average molecular weight is 464 g/mol. The summed E-state index contributed by atoms with van der Waals surface area (Å²) >= 11 is 0. The number of halogens is 6. The topological polar surface area (TPSA) is 36.9 Å². The lowest BCUT2D eigenvalue weighted by molar-refractivity contribution is -0.239. The number of alkyl halides is 3. The molecule has 3 rings (SSSR count). The molecule has 32 heavy (non-hydrogen) atoms. The molecule has 2 aromatic carbocycles. The zero-order chi connectivity index (χ0) is 23.5.